The van der Waals surface area contributed by atoms with E-state index in [9.17, 15) is 4.79 Å². The number of nitrogens with zero attached hydrogens (tertiary/aromatic N) is 3. The molecule has 2 heterocycles. The zero-order valence-corrected chi connectivity index (χ0v) is 15.4. The molecule has 7 nitrogen and oxygen atoms in total. The number of para-hydroxylation sites is 1. The van der Waals surface area contributed by atoms with Crippen molar-refractivity contribution < 1.29 is 14.3 Å². The number of benzene rings is 2. The molecule has 28 heavy (non-hydrogen) atoms. The van der Waals surface area contributed by atoms with E-state index >= 15 is 0 Å². The molecule has 7 heteroatoms. The number of hydrogen-bond acceptors (Lipinski definition) is 5. The summed E-state index contributed by atoms with van der Waals surface area (Å²) in [5.74, 6) is 0.985. The molecular formula is C21H18N4O3. The fourth-order valence-electron chi connectivity index (χ4n) is 2.86. The Labute approximate surface area is 161 Å². The predicted molar refractivity (Wildman–Crippen MR) is 106 cm³/mol. The number of hydrogen-bond donors (Lipinski definition) is 1. The normalized spacial score (nSPS) is 10.6. The topological polar surface area (TPSA) is 77.8 Å². The first-order valence-electron chi connectivity index (χ1n) is 8.63. The Balaban J connectivity index is 1.64. The van der Waals surface area contributed by atoms with Crippen LogP contribution in [0.5, 0.6) is 11.5 Å². The van der Waals surface area contributed by atoms with Gasteiger partial charge >= 0.3 is 0 Å². The third-order valence-corrected chi connectivity index (χ3v) is 4.27. The molecule has 0 unspecified atom stereocenters. The van der Waals surface area contributed by atoms with E-state index in [1.165, 1.54) is 0 Å². The van der Waals surface area contributed by atoms with Crippen LogP contribution < -0.4 is 14.8 Å². The van der Waals surface area contributed by atoms with Gasteiger partial charge in [-0.25, -0.2) is 9.50 Å². The van der Waals surface area contributed by atoms with Gasteiger partial charge in [0.15, 0.2) is 22.8 Å². The molecule has 140 valence electrons. The van der Waals surface area contributed by atoms with Crippen molar-refractivity contribution in [2.24, 2.45) is 0 Å². The highest BCUT2D eigenvalue weighted by Gasteiger charge is 2.13. The summed E-state index contributed by atoms with van der Waals surface area (Å²) in [6.45, 7) is 0. The highest BCUT2D eigenvalue weighted by Crippen LogP contribution is 2.31. The summed E-state index contributed by atoms with van der Waals surface area (Å²) in [6.07, 6.45) is 1.77. The van der Waals surface area contributed by atoms with Gasteiger partial charge in [-0.05, 0) is 36.4 Å². The Morgan fingerprint density at radius 1 is 0.964 bits per heavy atom. The predicted octanol–water partition coefficient (Wildman–Crippen LogP) is 3.67. The zero-order chi connectivity index (χ0) is 19.5. The number of fused-ring (bicyclic) bond motifs is 1. The first kappa shape index (κ1) is 17.5. The minimum absolute atomic E-state index is 0.288. The second-order valence-corrected chi connectivity index (χ2v) is 6.04. The second kappa shape index (κ2) is 7.40. The van der Waals surface area contributed by atoms with Crippen molar-refractivity contribution in [2.45, 2.75) is 0 Å². The van der Waals surface area contributed by atoms with Crippen molar-refractivity contribution in [1.82, 2.24) is 14.6 Å². The van der Waals surface area contributed by atoms with Crippen molar-refractivity contribution in [3.63, 3.8) is 0 Å². The first-order valence-corrected chi connectivity index (χ1v) is 8.63. The van der Waals surface area contributed by atoms with E-state index in [0.717, 1.165) is 11.3 Å². The summed E-state index contributed by atoms with van der Waals surface area (Å²) in [5, 5.41) is 7.12. The highest BCUT2D eigenvalue weighted by molar-refractivity contribution is 6.03. The fourth-order valence-corrected chi connectivity index (χ4v) is 2.86. The summed E-state index contributed by atoms with van der Waals surface area (Å²) in [5.41, 5.74) is 3.19. The van der Waals surface area contributed by atoms with Crippen molar-refractivity contribution in [2.75, 3.05) is 19.5 Å². The Morgan fingerprint density at radius 3 is 2.50 bits per heavy atom. The first-order chi connectivity index (χ1) is 13.7. The van der Waals surface area contributed by atoms with Gasteiger partial charge in [0, 0.05) is 23.5 Å². The summed E-state index contributed by atoms with van der Waals surface area (Å²) < 4.78 is 12.2. The van der Waals surface area contributed by atoms with E-state index in [1.807, 2.05) is 54.6 Å². The van der Waals surface area contributed by atoms with Gasteiger partial charge in [0.1, 0.15) is 0 Å². The van der Waals surface area contributed by atoms with Crippen LogP contribution in [0.4, 0.5) is 5.69 Å². The standard InChI is InChI=1S/C21H18N4O3/c1-27-18-9-8-14(12-19(18)28-2)16-10-11-25-20(23-16)13-17(24-25)21(26)22-15-6-4-3-5-7-15/h3-13H,1-2H3,(H,22,26). The number of methoxy groups -OCH3 is 2. The van der Waals surface area contributed by atoms with Gasteiger partial charge in [0.05, 0.1) is 19.9 Å². The summed E-state index contributed by atoms with van der Waals surface area (Å²) in [7, 11) is 3.18. The van der Waals surface area contributed by atoms with Crippen LogP contribution in [0.25, 0.3) is 16.9 Å². The molecule has 0 radical (unpaired) electrons. The lowest BCUT2D eigenvalue weighted by Crippen LogP contribution is -2.12. The van der Waals surface area contributed by atoms with Crippen molar-refractivity contribution >= 4 is 17.2 Å². The number of anilines is 1. The number of amides is 1. The Morgan fingerprint density at radius 2 is 1.75 bits per heavy atom. The minimum atomic E-state index is -0.288. The lowest BCUT2D eigenvalue weighted by atomic mass is 10.1. The largest absolute Gasteiger partial charge is 0.493 e. The molecule has 2 aromatic carbocycles. The average Bonchev–Trinajstić information content (AvgIpc) is 3.17. The smallest absolute Gasteiger partial charge is 0.276 e. The van der Waals surface area contributed by atoms with Crippen LogP contribution in [0.15, 0.2) is 66.9 Å². The zero-order valence-electron chi connectivity index (χ0n) is 15.4. The summed E-state index contributed by atoms with van der Waals surface area (Å²) in [6, 6.07) is 18.3. The molecule has 0 saturated heterocycles. The molecule has 0 spiro atoms. The van der Waals surface area contributed by atoms with E-state index in [1.54, 1.807) is 31.0 Å². The quantitative estimate of drug-likeness (QED) is 0.577. The number of aromatic nitrogens is 3. The maximum atomic E-state index is 12.4. The van der Waals surface area contributed by atoms with Gasteiger partial charge in [0.25, 0.3) is 5.91 Å². The van der Waals surface area contributed by atoms with E-state index in [4.69, 9.17) is 9.47 Å². The van der Waals surface area contributed by atoms with Crippen LogP contribution in [0.3, 0.4) is 0 Å². The lowest BCUT2D eigenvalue weighted by Gasteiger charge is -2.09. The van der Waals surface area contributed by atoms with Crippen LogP contribution >= 0.6 is 0 Å². The van der Waals surface area contributed by atoms with Gasteiger partial charge < -0.3 is 14.8 Å². The molecule has 4 aromatic rings. The molecule has 2 aromatic heterocycles. The Hall–Kier alpha value is -3.87. The molecule has 1 amide bonds. The monoisotopic (exact) mass is 374 g/mol. The van der Waals surface area contributed by atoms with Crippen molar-refractivity contribution in [1.29, 1.82) is 0 Å². The van der Waals surface area contributed by atoms with Crippen LogP contribution in [0, 0.1) is 0 Å². The fraction of sp³-hybridized carbons (Fsp3) is 0.0952. The number of rotatable bonds is 5. The average molecular weight is 374 g/mol. The second-order valence-electron chi connectivity index (χ2n) is 6.04. The number of carbonyl (C=O) groups is 1. The van der Waals surface area contributed by atoms with E-state index in [-0.39, 0.29) is 5.91 Å². The van der Waals surface area contributed by atoms with E-state index < -0.39 is 0 Å². The van der Waals surface area contributed by atoms with Crippen LogP contribution in [0.2, 0.25) is 0 Å². The molecule has 0 atom stereocenters. The van der Waals surface area contributed by atoms with Gasteiger partial charge in [-0.2, -0.15) is 5.10 Å². The Bertz CT molecular complexity index is 1140. The van der Waals surface area contributed by atoms with Gasteiger partial charge in [-0.3, -0.25) is 4.79 Å². The lowest BCUT2D eigenvalue weighted by molar-refractivity contribution is 0.102. The number of carbonyl (C=O) groups excluding carboxylic acids is 1. The molecule has 0 aliphatic rings. The summed E-state index contributed by atoms with van der Waals surface area (Å²) >= 11 is 0. The van der Waals surface area contributed by atoms with Crippen LogP contribution in [-0.2, 0) is 0 Å². The van der Waals surface area contributed by atoms with Crippen LogP contribution in [0.1, 0.15) is 10.5 Å². The maximum Gasteiger partial charge on any atom is 0.276 e. The minimum Gasteiger partial charge on any atom is -0.493 e. The highest BCUT2D eigenvalue weighted by atomic mass is 16.5. The summed E-state index contributed by atoms with van der Waals surface area (Å²) in [4.78, 5) is 17.1. The SMILES string of the molecule is COc1ccc(-c2ccn3nc(C(=O)Nc4ccccc4)cc3n2)cc1OC. The molecule has 0 aliphatic heterocycles. The van der Waals surface area contributed by atoms with Crippen molar-refractivity contribution in [3.05, 3.63) is 72.6 Å². The van der Waals surface area contributed by atoms with E-state index in [2.05, 4.69) is 15.4 Å². The number of ether oxygens (including phenoxy) is 2. The molecule has 4 rings (SSSR count). The molecular weight excluding hydrogens is 356 g/mol. The van der Waals surface area contributed by atoms with E-state index in [0.29, 0.717) is 28.5 Å². The molecule has 1 N–H and O–H groups in total. The van der Waals surface area contributed by atoms with Gasteiger partial charge in [-0.15, -0.1) is 0 Å². The third kappa shape index (κ3) is 3.37. The van der Waals surface area contributed by atoms with Gasteiger partial charge in [0.2, 0.25) is 0 Å². The van der Waals surface area contributed by atoms with Crippen molar-refractivity contribution in [3.8, 4) is 22.8 Å². The number of nitrogens with one attached hydrogen (secondary N) is 1. The molecule has 0 aliphatic carbocycles. The molecule has 0 saturated carbocycles. The molecule has 0 bridgehead atoms. The van der Waals surface area contributed by atoms with Gasteiger partial charge in [-0.1, -0.05) is 18.2 Å². The molecule has 0 fully saturated rings. The van der Waals surface area contributed by atoms with Crippen LogP contribution in [-0.4, -0.2) is 34.7 Å². The maximum absolute atomic E-state index is 12.4. The Kier molecular flexibility index (Phi) is 4.63. The third-order valence-electron chi connectivity index (χ3n) is 4.27.